The summed E-state index contributed by atoms with van der Waals surface area (Å²) in [6.45, 7) is 1.92. The molecule has 10 heteroatoms. The Morgan fingerprint density at radius 2 is 2.16 bits per heavy atom. The van der Waals surface area contributed by atoms with Crippen molar-refractivity contribution in [3.8, 4) is 0 Å². The van der Waals surface area contributed by atoms with Crippen LogP contribution in [0, 0.1) is 11.3 Å². The number of H-pyrrole nitrogens is 1. The van der Waals surface area contributed by atoms with Gasteiger partial charge in [-0.25, -0.2) is 4.98 Å². The first-order chi connectivity index (χ1) is 15.3. The van der Waals surface area contributed by atoms with Crippen molar-refractivity contribution in [1.29, 1.82) is 5.41 Å². The van der Waals surface area contributed by atoms with Crippen molar-refractivity contribution < 1.29 is 13.2 Å². The van der Waals surface area contributed by atoms with Gasteiger partial charge in [-0.1, -0.05) is 6.92 Å². The molecule has 2 aromatic rings. The van der Waals surface area contributed by atoms with E-state index in [9.17, 15) is 13.2 Å². The number of allylic oxidation sites excluding steroid dienone is 1. The van der Waals surface area contributed by atoms with E-state index in [1.807, 2.05) is 6.92 Å². The lowest BCUT2D eigenvalue weighted by Crippen LogP contribution is -2.15. The smallest absolute Gasteiger partial charge is 0.404 e. The fourth-order valence-corrected chi connectivity index (χ4v) is 3.36. The number of nitrogens with one attached hydrogen (secondary N) is 3. The standard InChI is InChI=1S/C22H28F3N7/c1-3-16(17-8-7-15(12-29-17)22(23,24)25)30-21-20(19(27)14-5-6-14)31-18(32-21)9-4-13(10-26)11-28-2/h7-8,10-12,14,16,27,30H,3-6,9,26H2,1-2H3,(H,31,32). The van der Waals surface area contributed by atoms with Crippen molar-refractivity contribution in [2.75, 3.05) is 12.4 Å². The van der Waals surface area contributed by atoms with Crippen LogP contribution in [-0.4, -0.2) is 33.9 Å². The Bertz CT molecular complexity index is 986. The van der Waals surface area contributed by atoms with Gasteiger partial charge in [-0.15, -0.1) is 0 Å². The largest absolute Gasteiger partial charge is 0.417 e. The third kappa shape index (κ3) is 5.74. The fraction of sp³-hybridized carbons (Fsp3) is 0.455. The zero-order valence-corrected chi connectivity index (χ0v) is 18.1. The second-order valence-corrected chi connectivity index (χ2v) is 7.80. The SMILES string of the molecule is CCC(Nc1nc(CCC(C=NC)=CN)[nH]c1C(=N)C1CC1)c1ccc(C(F)(F)F)cn1. The van der Waals surface area contributed by atoms with Gasteiger partial charge >= 0.3 is 6.18 Å². The highest BCUT2D eigenvalue weighted by Gasteiger charge is 2.32. The maximum Gasteiger partial charge on any atom is 0.417 e. The predicted molar refractivity (Wildman–Crippen MR) is 119 cm³/mol. The van der Waals surface area contributed by atoms with Crippen molar-refractivity contribution in [2.24, 2.45) is 16.6 Å². The van der Waals surface area contributed by atoms with Crippen LogP contribution in [0.1, 0.15) is 61.4 Å². The second kappa shape index (κ2) is 9.97. The van der Waals surface area contributed by atoms with Gasteiger partial charge in [0.25, 0.3) is 0 Å². The molecule has 3 rings (SSSR count). The summed E-state index contributed by atoms with van der Waals surface area (Å²) >= 11 is 0. The Morgan fingerprint density at radius 1 is 1.41 bits per heavy atom. The van der Waals surface area contributed by atoms with E-state index in [-0.39, 0.29) is 12.0 Å². The summed E-state index contributed by atoms with van der Waals surface area (Å²) in [6, 6.07) is 2.07. The molecule has 7 nitrogen and oxygen atoms in total. The van der Waals surface area contributed by atoms with Crippen molar-refractivity contribution in [3.05, 3.63) is 52.9 Å². The number of anilines is 1. The minimum atomic E-state index is -4.43. The van der Waals surface area contributed by atoms with E-state index in [4.69, 9.17) is 11.1 Å². The molecule has 0 spiro atoms. The number of aliphatic imine (C=N–C) groups is 1. The van der Waals surface area contributed by atoms with Gasteiger partial charge in [0.1, 0.15) is 11.5 Å². The molecule has 0 radical (unpaired) electrons. The Balaban J connectivity index is 1.82. The predicted octanol–water partition coefficient (Wildman–Crippen LogP) is 4.64. The summed E-state index contributed by atoms with van der Waals surface area (Å²) < 4.78 is 38.6. The molecule has 0 aliphatic heterocycles. The lowest BCUT2D eigenvalue weighted by Gasteiger charge is -2.18. The molecule has 2 heterocycles. The number of alkyl halides is 3. The van der Waals surface area contributed by atoms with Gasteiger partial charge in [0.15, 0.2) is 5.82 Å². The molecule has 0 saturated heterocycles. The van der Waals surface area contributed by atoms with E-state index in [0.717, 1.165) is 30.7 Å². The van der Waals surface area contributed by atoms with Crippen LogP contribution in [0.4, 0.5) is 19.0 Å². The second-order valence-electron chi connectivity index (χ2n) is 7.80. The Morgan fingerprint density at radius 3 is 2.69 bits per heavy atom. The van der Waals surface area contributed by atoms with Crippen molar-refractivity contribution in [3.63, 3.8) is 0 Å². The Hall–Kier alpha value is -3.17. The normalized spacial score (nSPS) is 15.8. The van der Waals surface area contributed by atoms with E-state index >= 15 is 0 Å². The number of rotatable bonds is 10. The van der Waals surface area contributed by atoms with Crippen LogP contribution < -0.4 is 11.1 Å². The summed E-state index contributed by atoms with van der Waals surface area (Å²) in [7, 11) is 1.67. The quantitative estimate of drug-likeness (QED) is 0.397. The van der Waals surface area contributed by atoms with Crippen molar-refractivity contribution in [1.82, 2.24) is 15.0 Å². The number of pyridine rings is 1. The van der Waals surface area contributed by atoms with Crippen LogP contribution in [0.3, 0.4) is 0 Å². The number of imidazole rings is 1. The van der Waals surface area contributed by atoms with Crippen LogP contribution in [-0.2, 0) is 12.6 Å². The molecule has 1 unspecified atom stereocenters. The first kappa shape index (κ1) is 23.5. The van der Waals surface area contributed by atoms with Crippen LogP contribution >= 0.6 is 0 Å². The van der Waals surface area contributed by atoms with E-state index in [0.29, 0.717) is 48.0 Å². The third-order valence-corrected chi connectivity index (χ3v) is 5.36. The molecule has 1 saturated carbocycles. The van der Waals surface area contributed by atoms with E-state index in [2.05, 4.69) is 25.3 Å². The lowest BCUT2D eigenvalue weighted by atomic mass is 10.1. The summed E-state index contributed by atoms with van der Waals surface area (Å²) in [5, 5.41) is 11.8. The Labute approximate surface area is 185 Å². The molecule has 1 aliphatic rings. The maximum atomic E-state index is 12.9. The number of hydrogen-bond donors (Lipinski definition) is 4. The molecule has 5 N–H and O–H groups in total. The number of halogens is 3. The highest BCUT2D eigenvalue weighted by Crippen LogP contribution is 2.35. The molecule has 0 amide bonds. The molecular weight excluding hydrogens is 419 g/mol. The molecule has 32 heavy (non-hydrogen) atoms. The van der Waals surface area contributed by atoms with Gasteiger partial charge in [-0.2, -0.15) is 13.2 Å². The average molecular weight is 448 g/mol. The van der Waals surface area contributed by atoms with Crippen LogP contribution in [0.15, 0.2) is 35.1 Å². The molecule has 1 aliphatic carbocycles. The minimum Gasteiger partial charge on any atom is -0.404 e. The monoisotopic (exact) mass is 447 g/mol. The highest BCUT2D eigenvalue weighted by molar-refractivity contribution is 6.03. The molecule has 1 atom stereocenters. The lowest BCUT2D eigenvalue weighted by molar-refractivity contribution is -0.137. The number of hydrogen-bond acceptors (Lipinski definition) is 6. The average Bonchev–Trinajstić information content (AvgIpc) is 3.55. The first-order valence-corrected chi connectivity index (χ1v) is 10.6. The van der Waals surface area contributed by atoms with Crippen LogP contribution in [0.2, 0.25) is 0 Å². The first-order valence-electron chi connectivity index (χ1n) is 10.6. The maximum absolute atomic E-state index is 12.9. The number of nitrogens with zero attached hydrogens (tertiary/aromatic N) is 3. The molecule has 0 bridgehead atoms. The topological polar surface area (TPSA) is 116 Å². The Kier molecular flexibility index (Phi) is 7.32. The van der Waals surface area contributed by atoms with E-state index in [1.165, 1.54) is 12.3 Å². The zero-order chi connectivity index (χ0) is 23.3. The van der Waals surface area contributed by atoms with Gasteiger partial charge < -0.3 is 21.4 Å². The fourth-order valence-electron chi connectivity index (χ4n) is 3.36. The summed E-state index contributed by atoms with van der Waals surface area (Å²) in [6.07, 6.45) is 3.36. The van der Waals surface area contributed by atoms with Crippen molar-refractivity contribution in [2.45, 2.75) is 51.2 Å². The van der Waals surface area contributed by atoms with Gasteiger partial charge in [0, 0.05) is 31.8 Å². The molecule has 1 fully saturated rings. The molecule has 172 valence electrons. The summed E-state index contributed by atoms with van der Waals surface area (Å²) in [5.41, 5.74) is 7.32. The molecule has 2 aromatic heterocycles. The summed E-state index contributed by atoms with van der Waals surface area (Å²) in [4.78, 5) is 15.9. The van der Waals surface area contributed by atoms with Gasteiger partial charge in [0.2, 0.25) is 0 Å². The van der Waals surface area contributed by atoms with Gasteiger partial charge in [-0.05, 0) is 49.6 Å². The third-order valence-electron chi connectivity index (χ3n) is 5.36. The number of aromatic nitrogens is 3. The van der Waals surface area contributed by atoms with E-state index < -0.39 is 11.7 Å². The summed E-state index contributed by atoms with van der Waals surface area (Å²) in [5.74, 6) is 1.43. The number of nitrogens with two attached hydrogens (primary N) is 1. The molecule has 0 aromatic carbocycles. The van der Waals surface area contributed by atoms with Crippen molar-refractivity contribution >= 4 is 17.7 Å². The van der Waals surface area contributed by atoms with Crippen LogP contribution in [0.5, 0.6) is 0 Å². The van der Waals surface area contributed by atoms with Crippen LogP contribution in [0.25, 0.3) is 0 Å². The number of aryl methyl sites for hydroxylation is 1. The van der Waals surface area contributed by atoms with Gasteiger partial charge in [-0.3, -0.25) is 9.98 Å². The molecular formula is C22H28F3N7. The number of aromatic amines is 1. The zero-order valence-electron chi connectivity index (χ0n) is 18.1. The minimum absolute atomic E-state index is 0.208. The highest BCUT2D eigenvalue weighted by atomic mass is 19.4. The van der Waals surface area contributed by atoms with Gasteiger partial charge in [0.05, 0.1) is 23.0 Å². The van der Waals surface area contributed by atoms with E-state index in [1.54, 1.807) is 13.3 Å².